The van der Waals surface area contributed by atoms with Crippen LogP contribution in [0, 0.1) is 13.8 Å². The first-order chi connectivity index (χ1) is 11.0. The number of carbonyl (C=O) groups is 1. The van der Waals surface area contributed by atoms with Gasteiger partial charge in [0.2, 0.25) is 5.91 Å². The van der Waals surface area contributed by atoms with E-state index in [2.05, 4.69) is 48.8 Å². The van der Waals surface area contributed by atoms with E-state index in [1.165, 1.54) is 16.0 Å². The van der Waals surface area contributed by atoms with Gasteiger partial charge in [0.15, 0.2) is 0 Å². The third kappa shape index (κ3) is 5.12. The summed E-state index contributed by atoms with van der Waals surface area (Å²) in [5.41, 5.74) is 4.42. The van der Waals surface area contributed by atoms with Crippen molar-refractivity contribution < 1.29 is 4.79 Å². The molecule has 0 unspecified atom stereocenters. The van der Waals surface area contributed by atoms with E-state index in [9.17, 15) is 4.79 Å². The van der Waals surface area contributed by atoms with Crippen LogP contribution in [0.3, 0.4) is 0 Å². The first-order valence-corrected chi connectivity index (χ1v) is 8.89. The highest BCUT2D eigenvalue weighted by Crippen LogP contribution is 2.18. The second-order valence-corrected chi connectivity index (χ2v) is 6.70. The summed E-state index contributed by atoms with van der Waals surface area (Å²) < 4.78 is 0. The number of nitrogens with zero attached hydrogens (tertiary/aromatic N) is 1. The number of nitrogens with one attached hydrogen (secondary N) is 1. The molecule has 2 aromatic carbocycles. The van der Waals surface area contributed by atoms with Crippen molar-refractivity contribution >= 4 is 23.4 Å². The first kappa shape index (κ1) is 17.6. The molecule has 2 aromatic rings. The molecule has 0 saturated heterocycles. The average Bonchev–Trinajstić information content (AvgIpc) is 2.52. The van der Waals surface area contributed by atoms with Gasteiger partial charge in [-0.05, 0) is 62.0 Å². The summed E-state index contributed by atoms with van der Waals surface area (Å²) in [6.45, 7) is 5.21. The van der Waals surface area contributed by atoms with Gasteiger partial charge in [-0.1, -0.05) is 24.3 Å². The van der Waals surface area contributed by atoms with E-state index in [0.29, 0.717) is 6.54 Å². The van der Waals surface area contributed by atoms with Crippen LogP contribution in [0.5, 0.6) is 0 Å². The topological polar surface area (TPSA) is 32.3 Å². The van der Waals surface area contributed by atoms with Gasteiger partial charge in [0.1, 0.15) is 0 Å². The number of hydrogen-bond donors (Lipinski definition) is 1. The van der Waals surface area contributed by atoms with E-state index in [4.69, 9.17) is 0 Å². The molecule has 1 N–H and O–H groups in total. The Morgan fingerprint density at radius 1 is 1.13 bits per heavy atom. The molecular weight excluding hydrogens is 304 g/mol. The predicted octanol–water partition coefficient (Wildman–Crippen LogP) is 4.10. The van der Waals surface area contributed by atoms with Crippen LogP contribution in [0.2, 0.25) is 0 Å². The standard InChI is InChI=1S/C19H24N2OS/c1-14-6-5-7-18(15(14)2)20-19(22)13-21(3)12-16-8-10-17(23-4)11-9-16/h5-11H,12-13H2,1-4H3,(H,20,22). The van der Waals surface area contributed by atoms with Gasteiger partial charge in [-0.3, -0.25) is 9.69 Å². The molecule has 0 fully saturated rings. The van der Waals surface area contributed by atoms with E-state index >= 15 is 0 Å². The zero-order valence-corrected chi connectivity index (χ0v) is 15.0. The fourth-order valence-corrected chi connectivity index (χ4v) is 2.83. The molecule has 4 heteroatoms. The minimum Gasteiger partial charge on any atom is -0.325 e. The second-order valence-electron chi connectivity index (χ2n) is 5.82. The number of thioether (sulfide) groups is 1. The summed E-state index contributed by atoms with van der Waals surface area (Å²) in [6, 6.07) is 14.4. The molecule has 0 heterocycles. The molecule has 0 aromatic heterocycles. The lowest BCUT2D eigenvalue weighted by atomic mass is 10.1. The molecule has 0 atom stereocenters. The van der Waals surface area contributed by atoms with Crippen LogP contribution >= 0.6 is 11.8 Å². The van der Waals surface area contributed by atoms with E-state index in [1.807, 2.05) is 31.0 Å². The zero-order valence-electron chi connectivity index (χ0n) is 14.2. The molecule has 0 aliphatic carbocycles. The fourth-order valence-electron chi connectivity index (χ4n) is 2.42. The van der Waals surface area contributed by atoms with Crippen molar-refractivity contribution in [2.75, 3.05) is 25.2 Å². The molecule has 1 amide bonds. The molecule has 23 heavy (non-hydrogen) atoms. The lowest BCUT2D eigenvalue weighted by Gasteiger charge is -2.17. The molecule has 2 rings (SSSR count). The van der Waals surface area contributed by atoms with Gasteiger partial charge in [0.05, 0.1) is 6.54 Å². The third-order valence-corrected chi connectivity index (χ3v) is 4.65. The molecule has 0 saturated carbocycles. The van der Waals surface area contributed by atoms with Crippen molar-refractivity contribution in [1.82, 2.24) is 4.90 Å². The number of aryl methyl sites for hydroxylation is 1. The number of likely N-dealkylation sites (N-methyl/N-ethyl adjacent to an activating group) is 1. The van der Waals surface area contributed by atoms with E-state index < -0.39 is 0 Å². The predicted molar refractivity (Wildman–Crippen MR) is 99.1 cm³/mol. The monoisotopic (exact) mass is 328 g/mol. The SMILES string of the molecule is CSc1ccc(CN(C)CC(=O)Nc2cccc(C)c2C)cc1. The van der Waals surface area contributed by atoms with Crippen LogP contribution in [0.15, 0.2) is 47.4 Å². The molecule has 3 nitrogen and oxygen atoms in total. The summed E-state index contributed by atoms with van der Waals surface area (Å²) >= 11 is 1.73. The molecule has 0 aliphatic rings. The van der Waals surface area contributed by atoms with Crippen molar-refractivity contribution in [1.29, 1.82) is 0 Å². The number of amides is 1. The summed E-state index contributed by atoms with van der Waals surface area (Å²) in [7, 11) is 1.96. The Morgan fingerprint density at radius 2 is 1.83 bits per heavy atom. The van der Waals surface area contributed by atoms with Gasteiger partial charge in [0, 0.05) is 17.1 Å². The largest absolute Gasteiger partial charge is 0.325 e. The van der Waals surface area contributed by atoms with Crippen LogP contribution < -0.4 is 5.32 Å². The van der Waals surface area contributed by atoms with Crippen molar-refractivity contribution in [2.24, 2.45) is 0 Å². The smallest absolute Gasteiger partial charge is 0.238 e. The van der Waals surface area contributed by atoms with Gasteiger partial charge in [-0.25, -0.2) is 0 Å². The van der Waals surface area contributed by atoms with Crippen molar-refractivity contribution in [3.63, 3.8) is 0 Å². The maximum absolute atomic E-state index is 12.2. The maximum atomic E-state index is 12.2. The molecule has 0 aliphatic heterocycles. The fraction of sp³-hybridized carbons (Fsp3) is 0.316. The van der Waals surface area contributed by atoms with Gasteiger partial charge >= 0.3 is 0 Å². The Balaban J connectivity index is 1.90. The molecule has 0 spiro atoms. The highest BCUT2D eigenvalue weighted by atomic mass is 32.2. The van der Waals surface area contributed by atoms with Crippen LogP contribution in [-0.4, -0.2) is 30.7 Å². The molecule has 122 valence electrons. The van der Waals surface area contributed by atoms with Crippen molar-refractivity contribution in [3.8, 4) is 0 Å². The van der Waals surface area contributed by atoms with Gasteiger partial charge in [-0.15, -0.1) is 11.8 Å². The van der Waals surface area contributed by atoms with Gasteiger partial charge < -0.3 is 5.32 Å². The third-order valence-electron chi connectivity index (χ3n) is 3.90. The molecule has 0 bridgehead atoms. The van der Waals surface area contributed by atoms with Crippen LogP contribution in [0.1, 0.15) is 16.7 Å². The lowest BCUT2D eigenvalue weighted by molar-refractivity contribution is -0.117. The van der Waals surface area contributed by atoms with Gasteiger partial charge in [0.25, 0.3) is 0 Å². The normalized spacial score (nSPS) is 10.8. The van der Waals surface area contributed by atoms with E-state index in [-0.39, 0.29) is 5.91 Å². The quantitative estimate of drug-likeness (QED) is 0.811. The highest BCUT2D eigenvalue weighted by Gasteiger charge is 2.09. The first-order valence-electron chi connectivity index (χ1n) is 7.67. The van der Waals surface area contributed by atoms with E-state index in [1.54, 1.807) is 11.8 Å². The van der Waals surface area contributed by atoms with Crippen LogP contribution in [0.25, 0.3) is 0 Å². The second kappa shape index (κ2) is 8.18. The van der Waals surface area contributed by atoms with Crippen LogP contribution in [0.4, 0.5) is 5.69 Å². The van der Waals surface area contributed by atoms with E-state index in [0.717, 1.165) is 17.8 Å². The summed E-state index contributed by atoms with van der Waals surface area (Å²) in [6.07, 6.45) is 2.07. The Labute approximate surface area is 143 Å². The van der Waals surface area contributed by atoms with Crippen molar-refractivity contribution in [3.05, 3.63) is 59.2 Å². The Bertz CT molecular complexity index is 668. The minimum absolute atomic E-state index is 0.0157. The Morgan fingerprint density at radius 3 is 2.48 bits per heavy atom. The van der Waals surface area contributed by atoms with Crippen molar-refractivity contribution in [2.45, 2.75) is 25.3 Å². The Hall–Kier alpha value is -1.78. The molecule has 0 radical (unpaired) electrons. The zero-order chi connectivity index (χ0) is 16.8. The summed E-state index contributed by atoms with van der Waals surface area (Å²) in [5, 5.41) is 3.00. The minimum atomic E-state index is 0.0157. The lowest BCUT2D eigenvalue weighted by Crippen LogP contribution is -2.30. The number of carbonyl (C=O) groups excluding carboxylic acids is 1. The highest BCUT2D eigenvalue weighted by molar-refractivity contribution is 7.98. The Kier molecular flexibility index (Phi) is 6.25. The van der Waals surface area contributed by atoms with Crippen LogP contribution in [-0.2, 0) is 11.3 Å². The maximum Gasteiger partial charge on any atom is 0.238 e. The van der Waals surface area contributed by atoms with Gasteiger partial charge in [-0.2, -0.15) is 0 Å². The number of rotatable bonds is 6. The summed E-state index contributed by atoms with van der Waals surface area (Å²) in [4.78, 5) is 15.5. The molecular formula is C19H24N2OS. The average molecular weight is 328 g/mol. The number of benzene rings is 2. The summed E-state index contributed by atoms with van der Waals surface area (Å²) in [5.74, 6) is 0.0157. The number of anilines is 1. The number of hydrogen-bond acceptors (Lipinski definition) is 3.